The van der Waals surface area contributed by atoms with E-state index in [0.717, 1.165) is 19.5 Å². The van der Waals surface area contributed by atoms with Crippen molar-refractivity contribution >= 4 is 11.5 Å². The number of hydrogen-bond donors (Lipinski definition) is 1. The van der Waals surface area contributed by atoms with Crippen molar-refractivity contribution in [1.82, 2.24) is 9.78 Å². The van der Waals surface area contributed by atoms with Crippen molar-refractivity contribution in [3.8, 4) is 0 Å². The van der Waals surface area contributed by atoms with Gasteiger partial charge in [0.25, 0.3) is 0 Å². The molecule has 7 heteroatoms. The molecule has 1 aromatic heterocycles. The molecule has 2 atom stereocenters. The maximum atomic E-state index is 11.4. The van der Waals surface area contributed by atoms with Crippen LogP contribution in [0.1, 0.15) is 26.0 Å². The zero-order chi connectivity index (χ0) is 14.9. The zero-order valence-corrected chi connectivity index (χ0v) is 12.4. The summed E-state index contributed by atoms with van der Waals surface area (Å²) in [5.74, 6) is 1.56. The molecule has 112 valence electrons. The predicted molar refractivity (Wildman–Crippen MR) is 77.8 cm³/mol. The molecular weight excluding hydrogens is 258 g/mol. The van der Waals surface area contributed by atoms with Crippen LogP contribution in [0.25, 0.3) is 0 Å². The van der Waals surface area contributed by atoms with Crippen molar-refractivity contribution in [1.29, 1.82) is 0 Å². The van der Waals surface area contributed by atoms with Crippen LogP contribution in [-0.2, 0) is 13.5 Å². The van der Waals surface area contributed by atoms with Crippen molar-refractivity contribution in [3.63, 3.8) is 0 Å². The van der Waals surface area contributed by atoms with Crippen LogP contribution >= 0.6 is 0 Å². The number of aryl methyl sites for hydroxylation is 2. The second kappa shape index (κ2) is 5.78. The lowest BCUT2D eigenvalue weighted by atomic mass is 9.87. The maximum absolute atomic E-state index is 11.4. The Bertz CT molecular complexity index is 499. The fourth-order valence-electron chi connectivity index (χ4n) is 2.99. The fraction of sp³-hybridized carbons (Fsp3) is 0.769. The Hall–Kier alpha value is -1.63. The number of piperidine rings is 1. The molecule has 1 aliphatic rings. The van der Waals surface area contributed by atoms with E-state index < -0.39 is 0 Å². The average Bonchev–Trinajstić information content (AvgIpc) is 2.76. The Morgan fingerprint density at radius 2 is 2.25 bits per heavy atom. The van der Waals surface area contributed by atoms with E-state index >= 15 is 0 Å². The number of anilines is 1. The van der Waals surface area contributed by atoms with E-state index in [1.54, 1.807) is 11.7 Å². The van der Waals surface area contributed by atoms with Crippen LogP contribution in [-0.4, -0.2) is 34.3 Å². The molecule has 0 saturated carbocycles. The van der Waals surface area contributed by atoms with Crippen LogP contribution in [0.5, 0.6) is 0 Å². The topological polar surface area (TPSA) is 90.2 Å². The summed E-state index contributed by atoms with van der Waals surface area (Å²) in [6.07, 6.45) is 1.57. The van der Waals surface area contributed by atoms with E-state index in [1.807, 2.05) is 6.92 Å². The van der Waals surface area contributed by atoms with Gasteiger partial charge in [-0.2, -0.15) is 5.10 Å². The quantitative estimate of drug-likeness (QED) is 0.664. The third-order valence-corrected chi connectivity index (χ3v) is 4.30. The molecule has 0 aromatic carbocycles. The minimum absolute atomic E-state index is 0.153. The Kier molecular flexibility index (Phi) is 4.27. The summed E-state index contributed by atoms with van der Waals surface area (Å²) in [7, 11) is 1.77. The van der Waals surface area contributed by atoms with Gasteiger partial charge >= 0.3 is 5.69 Å². The van der Waals surface area contributed by atoms with Gasteiger partial charge < -0.3 is 10.6 Å². The van der Waals surface area contributed by atoms with Crippen LogP contribution in [0.3, 0.4) is 0 Å². The first-order valence-electron chi connectivity index (χ1n) is 7.14. The van der Waals surface area contributed by atoms with Crippen molar-refractivity contribution in [2.75, 3.05) is 24.5 Å². The highest BCUT2D eigenvalue weighted by Gasteiger charge is 2.33. The van der Waals surface area contributed by atoms with Gasteiger partial charge in [-0.15, -0.1) is 0 Å². The first-order valence-corrected chi connectivity index (χ1v) is 7.14. The molecule has 20 heavy (non-hydrogen) atoms. The number of hydrogen-bond acceptors (Lipinski definition) is 5. The molecule has 0 bridgehead atoms. The van der Waals surface area contributed by atoms with Crippen LogP contribution in [0.2, 0.25) is 0 Å². The number of rotatable bonds is 4. The summed E-state index contributed by atoms with van der Waals surface area (Å²) in [5.41, 5.74) is 6.52. The number of aromatic nitrogens is 2. The van der Waals surface area contributed by atoms with Crippen molar-refractivity contribution in [2.24, 2.45) is 24.6 Å². The highest BCUT2D eigenvalue weighted by Crippen LogP contribution is 2.35. The van der Waals surface area contributed by atoms with Crippen LogP contribution in [0, 0.1) is 22.0 Å². The molecule has 1 fully saturated rings. The molecule has 1 aromatic rings. The molecule has 0 spiro atoms. The van der Waals surface area contributed by atoms with E-state index in [4.69, 9.17) is 5.73 Å². The van der Waals surface area contributed by atoms with Gasteiger partial charge in [0.1, 0.15) is 5.69 Å². The van der Waals surface area contributed by atoms with Gasteiger partial charge in [0.2, 0.25) is 5.82 Å². The lowest BCUT2D eigenvalue weighted by Gasteiger charge is -2.37. The summed E-state index contributed by atoms with van der Waals surface area (Å²) < 4.78 is 1.64. The summed E-state index contributed by atoms with van der Waals surface area (Å²) in [6.45, 7) is 6.29. The minimum Gasteiger partial charge on any atom is -0.351 e. The molecule has 0 amide bonds. The lowest BCUT2D eigenvalue weighted by molar-refractivity contribution is -0.384. The first-order chi connectivity index (χ1) is 9.49. The standard InChI is InChI=1S/C13H23N5O2/c1-4-11-12(18(19)20)13(16(3)15-11)17-6-5-9(2)10(7-14)8-17/h9-10H,4-8,14H2,1-3H3. The highest BCUT2D eigenvalue weighted by atomic mass is 16.6. The molecule has 2 unspecified atom stereocenters. The second-order valence-electron chi connectivity index (χ2n) is 5.56. The maximum Gasteiger partial charge on any atom is 0.334 e. The highest BCUT2D eigenvalue weighted by molar-refractivity contribution is 5.61. The first kappa shape index (κ1) is 14.8. The Balaban J connectivity index is 2.37. The SMILES string of the molecule is CCc1nn(C)c(N2CCC(C)C(CN)C2)c1[N+](=O)[O-]. The summed E-state index contributed by atoms with van der Waals surface area (Å²) >= 11 is 0. The van der Waals surface area contributed by atoms with Gasteiger partial charge in [0.05, 0.1) is 4.92 Å². The van der Waals surface area contributed by atoms with Crippen LogP contribution < -0.4 is 10.6 Å². The van der Waals surface area contributed by atoms with E-state index in [9.17, 15) is 10.1 Å². The summed E-state index contributed by atoms with van der Waals surface area (Å²) in [5, 5.41) is 15.7. The Labute approximate surface area is 118 Å². The Morgan fingerprint density at radius 1 is 1.55 bits per heavy atom. The molecule has 1 saturated heterocycles. The van der Waals surface area contributed by atoms with Crippen LogP contribution in [0.15, 0.2) is 0 Å². The molecule has 2 rings (SSSR count). The van der Waals surface area contributed by atoms with Gasteiger partial charge in [-0.3, -0.25) is 10.1 Å². The van der Waals surface area contributed by atoms with Crippen molar-refractivity contribution in [3.05, 3.63) is 15.8 Å². The van der Waals surface area contributed by atoms with Gasteiger partial charge in [0.15, 0.2) is 0 Å². The number of nitrogens with zero attached hydrogens (tertiary/aromatic N) is 4. The molecular formula is C13H23N5O2. The third-order valence-electron chi connectivity index (χ3n) is 4.30. The number of nitro groups is 1. The fourth-order valence-corrected chi connectivity index (χ4v) is 2.99. The van der Waals surface area contributed by atoms with Crippen LogP contribution in [0.4, 0.5) is 11.5 Å². The van der Waals surface area contributed by atoms with Gasteiger partial charge in [-0.05, 0) is 31.2 Å². The lowest BCUT2D eigenvalue weighted by Crippen LogP contribution is -2.43. The third kappa shape index (κ3) is 2.49. The second-order valence-corrected chi connectivity index (χ2v) is 5.56. The minimum atomic E-state index is -0.309. The van der Waals surface area contributed by atoms with E-state index in [0.29, 0.717) is 36.3 Å². The Morgan fingerprint density at radius 3 is 2.80 bits per heavy atom. The molecule has 2 N–H and O–H groups in total. The van der Waals surface area contributed by atoms with E-state index in [2.05, 4.69) is 16.9 Å². The smallest absolute Gasteiger partial charge is 0.334 e. The van der Waals surface area contributed by atoms with E-state index in [-0.39, 0.29) is 10.6 Å². The summed E-state index contributed by atoms with van der Waals surface area (Å²) in [4.78, 5) is 13.1. The zero-order valence-electron chi connectivity index (χ0n) is 12.4. The normalized spacial score (nSPS) is 23.1. The van der Waals surface area contributed by atoms with Gasteiger partial charge in [-0.1, -0.05) is 13.8 Å². The molecule has 7 nitrogen and oxygen atoms in total. The number of nitrogens with two attached hydrogens (primary N) is 1. The van der Waals surface area contributed by atoms with Crippen molar-refractivity contribution < 1.29 is 4.92 Å². The van der Waals surface area contributed by atoms with Gasteiger partial charge in [-0.25, -0.2) is 4.68 Å². The van der Waals surface area contributed by atoms with E-state index in [1.165, 1.54) is 0 Å². The predicted octanol–water partition coefficient (Wildman–Crippen LogP) is 1.31. The average molecular weight is 281 g/mol. The van der Waals surface area contributed by atoms with Gasteiger partial charge in [0, 0.05) is 20.1 Å². The molecule has 0 aliphatic carbocycles. The molecule has 2 heterocycles. The molecule has 1 aliphatic heterocycles. The monoisotopic (exact) mass is 281 g/mol. The molecule has 0 radical (unpaired) electrons. The largest absolute Gasteiger partial charge is 0.351 e. The summed E-state index contributed by atoms with van der Waals surface area (Å²) in [6, 6.07) is 0. The van der Waals surface area contributed by atoms with Crippen molar-refractivity contribution in [2.45, 2.75) is 26.7 Å².